The van der Waals surface area contributed by atoms with Gasteiger partial charge in [0.05, 0.1) is 13.5 Å². The van der Waals surface area contributed by atoms with Crippen LogP contribution in [0.15, 0.2) is 29.0 Å². The first-order valence-corrected chi connectivity index (χ1v) is 7.25. The number of carbonyl (C=O) groups is 2. The number of esters is 1. The van der Waals surface area contributed by atoms with E-state index in [0.717, 1.165) is 0 Å². The molecule has 0 saturated heterocycles. The number of rotatable bonds is 3. The second kappa shape index (κ2) is 6.06. The summed E-state index contributed by atoms with van der Waals surface area (Å²) < 4.78 is 20.6. The third-order valence-electron chi connectivity index (χ3n) is 3.25. The largest absolute Gasteiger partial charge is 0.514 e. The molecular formula is C16H21NO6. The van der Waals surface area contributed by atoms with E-state index in [9.17, 15) is 9.59 Å². The number of nitrogens with zero attached hydrogens (tertiary/aromatic N) is 1. The number of carbonyl (C=O) groups excluding carboxylic acids is 2. The highest BCUT2D eigenvalue weighted by molar-refractivity contribution is 5.80. The average Bonchev–Trinajstić information content (AvgIpc) is 2.71. The number of hydrogen-bond acceptors (Lipinski definition) is 7. The highest BCUT2D eigenvalue weighted by Gasteiger charge is 2.46. The number of fused-ring (bicyclic) bond motifs is 1. The lowest BCUT2D eigenvalue weighted by Gasteiger charge is -2.28. The molecule has 1 heterocycles. The van der Waals surface area contributed by atoms with Crippen LogP contribution < -0.4 is 0 Å². The van der Waals surface area contributed by atoms with Gasteiger partial charge in [-0.05, 0) is 32.9 Å². The highest BCUT2D eigenvalue weighted by atomic mass is 16.7. The maximum Gasteiger partial charge on any atom is 0.514 e. The number of ether oxygens (including phenoxy) is 4. The zero-order chi connectivity index (χ0) is 17.3. The first-order chi connectivity index (χ1) is 10.6. The molecular weight excluding hydrogens is 302 g/mol. The Labute approximate surface area is 134 Å². The van der Waals surface area contributed by atoms with Crippen LogP contribution in [0.25, 0.3) is 0 Å². The second-order valence-corrected chi connectivity index (χ2v) is 6.38. The SMILES string of the molecule is COC(=O)C[C@@]12C=CC(OC(=O)OC(C)(C)C)=C[C@@H]1OC(C)=N2. The van der Waals surface area contributed by atoms with Gasteiger partial charge in [0.25, 0.3) is 0 Å². The molecule has 0 saturated carbocycles. The van der Waals surface area contributed by atoms with E-state index in [4.69, 9.17) is 18.9 Å². The second-order valence-electron chi connectivity index (χ2n) is 6.38. The van der Waals surface area contributed by atoms with Gasteiger partial charge in [0, 0.05) is 13.0 Å². The van der Waals surface area contributed by atoms with Gasteiger partial charge in [0.15, 0.2) is 12.0 Å². The number of methoxy groups -OCH3 is 1. The Hall–Kier alpha value is -2.31. The van der Waals surface area contributed by atoms with Crippen molar-refractivity contribution in [3.8, 4) is 0 Å². The van der Waals surface area contributed by atoms with Gasteiger partial charge in [-0.2, -0.15) is 0 Å². The van der Waals surface area contributed by atoms with Gasteiger partial charge in [-0.25, -0.2) is 9.79 Å². The van der Waals surface area contributed by atoms with Gasteiger partial charge in [-0.3, -0.25) is 4.79 Å². The summed E-state index contributed by atoms with van der Waals surface area (Å²) in [7, 11) is 1.32. The molecule has 0 aromatic rings. The summed E-state index contributed by atoms with van der Waals surface area (Å²) in [5.41, 5.74) is -1.51. The molecule has 2 atom stereocenters. The van der Waals surface area contributed by atoms with Crippen LogP contribution in [0, 0.1) is 0 Å². The third kappa shape index (κ3) is 4.12. The molecule has 0 aromatic heterocycles. The van der Waals surface area contributed by atoms with E-state index in [1.54, 1.807) is 45.9 Å². The van der Waals surface area contributed by atoms with E-state index in [1.807, 2.05) is 0 Å². The van der Waals surface area contributed by atoms with Crippen molar-refractivity contribution < 1.29 is 28.5 Å². The molecule has 7 nitrogen and oxygen atoms in total. The van der Waals surface area contributed by atoms with Crippen LogP contribution in [0.2, 0.25) is 0 Å². The third-order valence-corrected chi connectivity index (χ3v) is 3.25. The van der Waals surface area contributed by atoms with Crippen molar-refractivity contribution >= 4 is 18.0 Å². The monoisotopic (exact) mass is 323 g/mol. The molecule has 1 aliphatic carbocycles. The summed E-state index contributed by atoms with van der Waals surface area (Å²) in [4.78, 5) is 27.8. The van der Waals surface area contributed by atoms with Gasteiger partial charge in [0.1, 0.15) is 16.9 Å². The first kappa shape index (κ1) is 17.1. The molecule has 0 N–H and O–H groups in total. The lowest BCUT2D eigenvalue weighted by molar-refractivity contribution is -0.142. The maximum atomic E-state index is 11.7. The summed E-state index contributed by atoms with van der Waals surface area (Å²) in [6, 6.07) is 0. The summed E-state index contributed by atoms with van der Waals surface area (Å²) in [6.45, 7) is 6.95. The van der Waals surface area contributed by atoms with Crippen LogP contribution in [0.1, 0.15) is 34.1 Å². The molecule has 0 bridgehead atoms. The van der Waals surface area contributed by atoms with Crippen LogP contribution in [0.3, 0.4) is 0 Å². The molecule has 0 spiro atoms. The standard InChI is InChI=1S/C16H21NO6/c1-10-17-16(9-13(18)20-5)7-6-11(8-12(16)21-10)22-14(19)23-15(2,3)4/h6-8,12H,9H2,1-5H3/t12-,16-/m0/s1. The number of hydrogen-bond donors (Lipinski definition) is 0. The number of allylic oxidation sites excluding steroid dienone is 1. The fourth-order valence-electron chi connectivity index (χ4n) is 2.35. The Morgan fingerprint density at radius 1 is 1.39 bits per heavy atom. The van der Waals surface area contributed by atoms with Gasteiger partial charge < -0.3 is 18.9 Å². The van der Waals surface area contributed by atoms with Crippen LogP contribution in [0.5, 0.6) is 0 Å². The van der Waals surface area contributed by atoms with Crippen molar-refractivity contribution in [2.75, 3.05) is 7.11 Å². The highest BCUT2D eigenvalue weighted by Crippen LogP contribution is 2.36. The van der Waals surface area contributed by atoms with Gasteiger partial charge in [-0.1, -0.05) is 0 Å². The molecule has 0 fully saturated rings. The molecule has 7 heteroatoms. The molecule has 1 aliphatic heterocycles. The lowest BCUT2D eigenvalue weighted by atomic mass is 9.86. The van der Waals surface area contributed by atoms with Gasteiger partial charge in [0.2, 0.25) is 0 Å². The fourth-order valence-corrected chi connectivity index (χ4v) is 2.35. The van der Waals surface area contributed by atoms with Crippen LogP contribution >= 0.6 is 0 Å². The minimum atomic E-state index is -0.863. The van der Waals surface area contributed by atoms with Gasteiger partial charge in [-0.15, -0.1) is 0 Å². The summed E-state index contributed by atoms with van der Waals surface area (Å²) in [5.74, 6) is 0.347. The van der Waals surface area contributed by atoms with Crippen molar-refractivity contribution in [2.24, 2.45) is 4.99 Å². The molecule has 0 amide bonds. The van der Waals surface area contributed by atoms with Crippen molar-refractivity contribution in [3.05, 3.63) is 24.0 Å². The van der Waals surface area contributed by atoms with Crippen LogP contribution in [-0.4, -0.2) is 42.4 Å². The average molecular weight is 323 g/mol. The van der Waals surface area contributed by atoms with Crippen molar-refractivity contribution in [3.63, 3.8) is 0 Å². The molecule has 2 aliphatic rings. The van der Waals surface area contributed by atoms with E-state index < -0.39 is 29.4 Å². The predicted octanol–water partition coefficient (Wildman–Crippen LogP) is 2.51. The number of aliphatic imine (C=N–C) groups is 1. The van der Waals surface area contributed by atoms with Crippen LogP contribution in [-0.2, 0) is 23.7 Å². The van der Waals surface area contributed by atoms with E-state index in [0.29, 0.717) is 5.90 Å². The van der Waals surface area contributed by atoms with E-state index in [1.165, 1.54) is 7.11 Å². The molecule has 0 radical (unpaired) electrons. The Balaban J connectivity index is 2.11. The molecule has 23 heavy (non-hydrogen) atoms. The Morgan fingerprint density at radius 3 is 2.70 bits per heavy atom. The van der Waals surface area contributed by atoms with E-state index in [2.05, 4.69) is 4.99 Å². The molecule has 2 rings (SSSR count). The van der Waals surface area contributed by atoms with Crippen LogP contribution in [0.4, 0.5) is 4.79 Å². The molecule has 0 aromatic carbocycles. The van der Waals surface area contributed by atoms with Crippen molar-refractivity contribution in [1.29, 1.82) is 0 Å². The summed E-state index contributed by atoms with van der Waals surface area (Å²) in [6.07, 6.45) is 3.57. The topological polar surface area (TPSA) is 83.4 Å². The first-order valence-electron chi connectivity index (χ1n) is 7.25. The zero-order valence-corrected chi connectivity index (χ0v) is 13.9. The van der Waals surface area contributed by atoms with Crippen molar-refractivity contribution in [1.82, 2.24) is 0 Å². The quantitative estimate of drug-likeness (QED) is 0.742. The Kier molecular flexibility index (Phi) is 4.49. The smallest absolute Gasteiger partial charge is 0.471 e. The summed E-state index contributed by atoms with van der Waals surface area (Å²) in [5, 5.41) is 0. The Morgan fingerprint density at radius 2 is 2.09 bits per heavy atom. The zero-order valence-electron chi connectivity index (χ0n) is 13.9. The molecule has 0 unspecified atom stereocenters. The summed E-state index contributed by atoms with van der Waals surface area (Å²) >= 11 is 0. The predicted molar refractivity (Wildman–Crippen MR) is 81.9 cm³/mol. The van der Waals surface area contributed by atoms with Crippen molar-refractivity contribution in [2.45, 2.75) is 51.4 Å². The minimum Gasteiger partial charge on any atom is -0.471 e. The van der Waals surface area contributed by atoms with Gasteiger partial charge >= 0.3 is 12.1 Å². The van der Waals surface area contributed by atoms with E-state index >= 15 is 0 Å². The lowest BCUT2D eigenvalue weighted by Crippen LogP contribution is -2.39. The maximum absolute atomic E-state index is 11.7. The fraction of sp³-hybridized carbons (Fsp3) is 0.562. The minimum absolute atomic E-state index is 0.0399. The Bertz CT molecular complexity index is 598. The normalized spacial score (nSPS) is 25.7. The van der Waals surface area contributed by atoms with E-state index in [-0.39, 0.29) is 12.2 Å². The molecule has 126 valence electrons.